The molecule has 54 heavy (non-hydrogen) atoms. The van der Waals surface area contributed by atoms with Crippen molar-refractivity contribution in [2.45, 2.75) is 27.7 Å². The van der Waals surface area contributed by atoms with Gasteiger partial charge in [0.25, 0.3) is 0 Å². The Morgan fingerprint density at radius 2 is 0.722 bits per heavy atom. The minimum absolute atomic E-state index is 0.937. The van der Waals surface area contributed by atoms with Gasteiger partial charge in [0.2, 0.25) is 11.6 Å². The zero-order valence-electron chi connectivity index (χ0n) is 30.2. The van der Waals surface area contributed by atoms with Crippen molar-refractivity contribution in [3.05, 3.63) is 144 Å². The predicted octanol–water partition coefficient (Wildman–Crippen LogP) is 11.8. The first-order chi connectivity index (χ1) is 26.5. The molecule has 0 radical (unpaired) electrons. The monoisotopic (exact) mass is 692 g/mol. The van der Waals surface area contributed by atoms with Crippen LogP contribution in [0, 0.1) is 27.7 Å². The predicted molar refractivity (Wildman–Crippen MR) is 223 cm³/mol. The van der Waals surface area contributed by atoms with Gasteiger partial charge in [-0.05, 0) is 85.3 Å². The van der Waals surface area contributed by atoms with Crippen LogP contribution in [0.4, 0.5) is 0 Å². The number of para-hydroxylation sites is 6. The molecule has 254 valence electrons. The number of hydrogen-bond acceptors (Lipinski definition) is 2. The number of nitrogens with zero attached hydrogens (tertiary/aromatic N) is 6. The van der Waals surface area contributed by atoms with Gasteiger partial charge in [0.1, 0.15) is 0 Å². The third-order valence-corrected chi connectivity index (χ3v) is 12.3. The van der Waals surface area contributed by atoms with Gasteiger partial charge in [-0.2, -0.15) is 0 Å². The van der Waals surface area contributed by atoms with Gasteiger partial charge in [-0.3, -0.25) is 17.6 Å². The molecule has 0 spiro atoms. The fourth-order valence-corrected chi connectivity index (χ4v) is 10.3. The normalized spacial score (nSPS) is 12.8. The molecule has 0 saturated carbocycles. The molecule has 0 aliphatic carbocycles. The molecule has 0 fully saturated rings. The van der Waals surface area contributed by atoms with Gasteiger partial charge in [-0.1, -0.05) is 97.1 Å². The topological polar surface area (TPSA) is 43.4 Å². The van der Waals surface area contributed by atoms with E-state index in [4.69, 9.17) is 9.97 Å². The molecule has 6 nitrogen and oxygen atoms in total. The summed E-state index contributed by atoms with van der Waals surface area (Å²) in [5, 5.41) is 4.91. The van der Waals surface area contributed by atoms with Crippen LogP contribution in [0.15, 0.2) is 121 Å². The second-order valence-electron chi connectivity index (χ2n) is 15.2. The second kappa shape index (κ2) is 9.54. The van der Waals surface area contributed by atoms with E-state index in [-0.39, 0.29) is 0 Å². The lowest BCUT2D eigenvalue weighted by Gasteiger charge is -2.12. The van der Waals surface area contributed by atoms with Gasteiger partial charge in [0, 0.05) is 32.7 Å². The average molecular weight is 693 g/mol. The Morgan fingerprint density at radius 1 is 0.352 bits per heavy atom. The molecule has 0 amide bonds. The van der Waals surface area contributed by atoms with E-state index in [1.54, 1.807) is 0 Å². The Morgan fingerprint density at radius 3 is 1.15 bits per heavy atom. The Hall–Kier alpha value is -6.92. The fourth-order valence-electron chi connectivity index (χ4n) is 10.3. The number of aryl methyl sites for hydroxylation is 4. The third kappa shape index (κ3) is 3.14. The Labute approximate surface area is 308 Å². The Balaban J connectivity index is 1.41. The molecular formula is C48H32N6. The summed E-state index contributed by atoms with van der Waals surface area (Å²) in [5.41, 5.74) is 21.4. The van der Waals surface area contributed by atoms with Gasteiger partial charge in [0.05, 0.1) is 55.2 Å². The zero-order chi connectivity index (χ0) is 35.7. The van der Waals surface area contributed by atoms with Crippen molar-refractivity contribution in [1.82, 2.24) is 27.6 Å². The lowest BCUT2D eigenvalue weighted by molar-refractivity contribution is 1.21. The van der Waals surface area contributed by atoms with Crippen molar-refractivity contribution >= 4 is 88.3 Å². The highest BCUT2D eigenvalue weighted by Crippen LogP contribution is 2.51. The van der Waals surface area contributed by atoms with E-state index in [1.165, 1.54) is 99.2 Å². The second-order valence-corrected chi connectivity index (χ2v) is 15.2. The lowest BCUT2D eigenvalue weighted by Crippen LogP contribution is -1.92. The van der Waals surface area contributed by atoms with Crippen molar-refractivity contribution in [2.24, 2.45) is 0 Å². The SMILES string of the molecule is Cc1cccc(C)c1-c1cccc2c3c4c5c(c6cccc(-c7c(C)cccc7C)c6n5c5nc6ccccc6n45)c4c3n(c12)c1nc2ccccc2n41. The fraction of sp³-hybridized carbons (Fsp3) is 0.0833. The van der Waals surface area contributed by atoms with Crippen LogP contribution in [0.25, 0.3) is 111 Å². The summed E-state index contributed by atoms with van der Waals surface area (Å²) in [6, 6.07) is 44.2. The highest BCUT2D eigenvalue weighted by atomic mass is 15.2. The summed E-state index contributed by atoms with van der Waals surface area (Å²) in [7, 11) is 0. The van der Waals surface area contributed by atoms with Gasteiger partial charge < -0.3 is 0 Å². The standard InChI is InChI=1S/C48H32N6/c1-25-13-9-14-26(2)37(25)29-17-11-19-31-39-43-46-40(44-45(39)53(41(29)31)47-49-33-21-5-7-23-35(33)51(44)47)32-20-12-18-30(38-27(3)15-10-16-28(38)4)42(32)54(46)48-50-34-22-6-8-24-36(34)52(43)48/h5-24H,1-4H3. The largest absolute Gasteiger partial charge is 0.276 e. The quantitative estimate of drug-likeness (QED) is 0.181. The Kier molecular flexibility index (Phi) is 5.06. The summed E-state index contributed by atoms with van der Waals surface area (Å²) in [4.78, 5) is 10.9. The van der Waals surface area contributed by atoms with Crippen molar-refractivity contribution in [3.8, 4) is 22.3 Å². The molecule has 0 N–H and O–H groups in total. The Bertz CT molecular complexity index is 3480. The minimum atomic E-state index is 0.937. The molecule has 0 aliphatic rings. The smallest absolute Gasteiger partial charge is 0.220 e. The van der Waals surface area contributed by atoms with E-state index in [9.17, 15) is 0 Å². The van der Waals surface area contributed by atoms with E-state index in [0.717, 1.165) is 33.6 Å². The van der Waals surface area contributed by atoms with Gasteiger partial charge in [0.15, 0.2) is 0 Å². The summed E-state index contributed by atoms with van der Waals surface area (Å²) < 4.78 is 9.83. The molecule has 0 aliphatic heterocycles. The van der Waals surface area contributed by atoms with Crippen LogP contribution in [0.5, 0.6) is 0 Å². The molecule has 0 atom stereocenters. The van der Waals surface area contributed by atoms with Crippen molar-refractivity contribution in [1.29, 1.82) is 0 Å². The summed E-state index contributed by atoms with van der Waals surface area (Å²) in [5.74, 6) is 1.87. The molecule has 0 saturated heterocycles. The molecular weight excluding hydrogens is 661 g/mol. The molecule has 7 aromatic carbocycles. The van der Waals surface area contributed by atoms with Crippen LogP contribution >= 0.6 is 0 Å². The molecule has 13 rings (SSSR count). The molecule has 6 heteroatoms. The molecule has 13 aromatic rings. The highest BCUT2D eigenvalue weighted by molar-refractivity contribution is 6.38. The van der Waals surface area contributed by atoms with E-state index in [2.05, 4.69) is 167 Å². The molecule has 0 bridgehead atoms. The number of benzene rings is 7. The number of imidazole rings is 4. The van der Waals surface area contributed by atoms with Crippen LogP contribution in [-0.2, 0) is 0 Å². The highest BCUT2D eigenvalue weighted by Gasteiger charge is 2.33. The number of fused-ring (bicyclic) bond motifs is 18. The van der Waals surface area contributed by atoms with E-state index < -0.39 is 0 Å². The maximum absolute atomic E-state index is 5.45. The lowest BCUT2D eigenvalue weighted by atomic mass is 9.93. The van der Waals surface area contributed by atoms with Gasteiger partial charge in [-0.25, -0.2) is 9.97 Å². The molecule has 0 unspecified atom stereocenters. The molecule has 6 heterocycles. The number of hydrogen-bond donors (Lipinski definition) is 0. The maximum Gasteiger partial charge on any atom is 0.220 e. The first kappa shape index (κ1) is 28.6. The van der Waals surface area contributed by atoms with E-state index in [1.807, 2.05) is 0 Å². The number of rotatable bonds is 2. The molecule has 6 aromatic heterocycles. The van der Waals surface area contributed by atoms with Crippen molar-refractivity contribution in [3.63, 3.8) is 0 Å². The average Bonchev–Trinajstić information content (AvgIpc) is 4.00. The summed E-state index contributed by atoms with van der Waals surface area (Å²) >= 11 is 0. The van der Waals surface area contributed by atoms with Crippen LogP contribution < -0.4 is 0 Å². The van der Waals surface area contributed by atoms with Crippen molar-refractivity contribution < 1.29 is 0 Å². The third-order valence-electron chi connectivity index (χ3n) is 12.3. The number of aromatic nitrogens is 6. The zero-order valence-corrected chi connectivity index (χ0v) is 30.2. The van der Waals surface area contributed by atoms with Crippen LogP contribution in [-0.4, -0.2) is 27.6 Å². The van der Waals surface area contributed by atoms with Crippen LogP contribution in [0.2, 0.25) is 0 Å². The minimum Gasteiger partial charge on any atom is -0.276 e. The van der Waals surface area contributed by atoms with E-state index in [0.29, 0.717) is 0 Å². The first-order valence-electron chi connectivity index (χ1n) is 18.7. The van der Waals surface area contributed by atoms with Crippen molar-refractivity contribution in [2.75, 3.05) is 0 Å². The van der Waals surface area contributed by atoms with E-state index >= 15 is 0 Å². The first-order valence-corrected chi connectivity index (χ1v) is 18.7. The summed E-state index contributed by atoms with van der Waals surface area (Å²) in [6.45, 7) is 8.92. The summed E-state index contributed by atoms with van der Waals surface area (Å²) in [6.07, 6.45) is 0. The van der Waals surface area contributed by atoms with Crippen LogP contribution in [0.1, 0.15) is 22.3 Å². The van der Waals surface area contributed by atoms with Crippen LogP contribution in [0.3, 0.4) is 0 Å². The van der Waals surface area contributed by atoms with Gasteiger partial charge in [-0.15, -0.1) is 0 Å². The van der Waals surface area contributed by atoms with Gasteiger partial charge >= 0.3 is 0 Å². The maximum atomic E-state index is 5.45.